The van der Waals surface area contributed by atoms with Gasteiger partial charge in [0, 0.05) is 63.3 Å². The number of aromatic nitrogens is 8. The van der Waals surface area contributed by atoms with Gasteiger partial charge in [-0.25, -0.2) is 69.9 Å². The van der Waals surface area contributed by atoms with E-state index in [0.29, 0.717) is 62.7 Å². The van der Waals surface area contributed by atoms with Crippen LogP contribution in [0.3, 0.4) is 0 Å². The van der Waals surface area contributed by atoms with Gasteiger partial charge < -0.3 is 24.8 Å². The van der Waals surface area contributed by atoms with Crippen molar-refractivity contribution in [2.75, 3.05) is 19.8 Å². The summed E-state index contributed by atoms with van der Waals surface area (Å²) >= 11 is 15.1. The van der Waals surface area contributed by atoms with E-state index >= 15 is 0 Å². The predicted octanol–water partition coefficient (Wildman–Crippen LogP) is 11.2. The number of rotatable bonds is 18. The van der Waals surface area contributed by atoms with Crippen LogP contribution < -0.4 is 55.3 Å². The number of esters is 2. The number of benzene rings is 5. The van der Waals surface area contributed by atoms with Crippen molar-refractivity contribution in [3.8, 4) is 0 Å². The Bertz CT molecular complexity index is 5230. The third-order valence-electron chi connectivity index (χ3n) is 16.7. The molecule has 0 aliphatic carbocycles. The molecular weight excluding hydrogens is 1790 g/mol. The Balaban J connectivity index is 0.000000188. The topological polar surface area (TPSA) is 352 Å². The van der Waals surface area contributed by atoms with E-state index in [-0.39, 0.29) is 123 Å². The van der Waals surface area contributed by atoms with Crippen LogP contribution in [0.4, 0.5) is 26.7 Å². The van der Waals surface area contributed by atoms with Crippen LogP contribution in [0.15, 0.2) is 212 Å². The molecule has 1 amide bonds. The number of amides is 1. The summed E-state index contributed by atoms with van der Waals surface area (Å²) in [7, 11) is 0. The fourth-order valence-electron chi connectivity index (χ4n) is 11.6. The van der Waals surface area contributed by atoms with Crippen LogP contribution in [-0.4, -0.2) is 97.1 Å². The Kier molecular flexibility index (Phi) is 34.1. The van der Waals surface area contributed by atoms with Gasteiger partial charge in [0.2, 0.25) is 0 Å². The van der Waals surface area contributed by atoms with Crippen LogP contribution in [0.5, 0.6) is 0 Å². The molecule has 3 aliphatic heterocycles. The summed E-state index contributed by atoms with van der Waals surface area (Å²) in [5, 5.41) is 31.9. The minimum Gasteiger partial charge on any atom is -0.443 e. The molecule has 5 atom stereocenters. The third kappa shape index (κ3) is 26.0. The number of hydrogen-bond donors (Lipinski definition) is 7. The van der Waals surface area contributed by atoms with Crippen LogP contribution in [0.2, 0.25) is 0 Å². The van der Waals surface area contributed by atoms with Crippen molar-refractivity contribution < 1.29 is 61.1 Å². The summed E-state index contributed by atoms with van der Waals surface area (Å²) in [6.07, 6.45) is 6.56. The predicted molar refractivity (Wildman–Crippen MR) is 419 cm³/mol. The summed E-state index contributed by atoms with van der Waals surface area (Å²) in [6.45, 7) is 6.34. The van der Waals surface area contributed by atoms with Crippen molar-refractivity contribution in [2.45, 2.75) is 134 Å². The third-order valence-corrected chi connectivity index (χ3v) is 19.5. The van der Waals surface area contributed by atoms with E-state index in [0.717, 1.165) is 54.5 Å². The lowest BCUT2D eigenvalue weighted by Crippen LogP contribution is -2.43. The van der Waals surface area contributed by atoms with Gasteiger partial charge in [0.25, 0.3) is 44.5 Å². The van der Waals surface area contributed by atoms with E-state index in [2.05, 4.69) is 105 Å². The van der Waals surface area contributed by atoms with E-state index in [1.165, 1.54) is 107 Å². The molecule has 111 heavy (non-hydrogen) atoms. The number of nitrogens with one attached hydrogen (secondary N) is 4. The molecule has 0 saturated carbocycles. The summed E-state index contributed by atoms with van der Waals surface area (Å²) in [5.41, 5.74) is 6.11. The molecule has 0 spiro atoms. The normalized spacial score (nSPS) is 14.8. The maximum Gasteiger partial charge on any atom is 0.422 e. The van der Waals surface area contributed by atoms with Gasteiger partial charge in [0.15, 0.2) is 0 Å². The zero-order valence-electron chi connectivity index (χ0n) is 59.5. The largest absolute Gasteiger partial charge is 0.443 e. The van der Waals surface area contributed by atoms with Crippen molar-refractivity contribution in [3.63, 3.8) is 0 Å². The molecule has 592 valence electrons. The Morgan fingerprint density at radius 1 is 0.514 bits per heavy atom. The highest BCUT2D eigenvalue weighted by molar-refractivity contribution is 9.12. The van der Waals surface area contributed by atoms with Gasteiger partial charge >= 0.3 is 18.0 Å². The fourth-order valence-corrected chi connectivity index (χ4v) is 13.4. The van der Waals surface area contributed by atoms with Gasteiger partial charge in [-0.1, -0.05) is 60.7 Å². The molecule has 0 saturated heterocycles. The molecule has 3 aliphatic rings. The Hall–Kier alpha value is -9.14. The second kappa shape index (κ2) is 42.5. The van der Waals surface area contributed by atoms with E-state index in [1.54, 1.807) is 81.4 Å². The minimum absolute atomic E-state index is 0.0345. The molecule has 12 rings (SSSR count). The minimum atomic E-state index is -0.616. The van der Waals surface area contributed by atoms with E-state index in [9.17, 15) is 74.7 Å². The number of cyclic esters (lactones) is 2. The number of hydrogen-bond acceptors (Lipinski definition) is 17. The summed E-state index contributed by atoms with van der Waals surface area (Å²) < 4.78 is 83.6. The summed E-state index contributed by atoms with van der Waals surface area (Å²) in [6, 6.07) is 32.8. The number of carbonyl (C=O) groups excluding carboxylic acids is 3. The Morgan fingerprint density at radius 2 is 0.937 bits per heavy atom. The van der Waals surface area contributed by atoms with E-state index < -0.39 is 46.8 Å². The Labute approximate surface area is 670 Å². The number of aliphatic hydroxyl groups excluding tert-OH is 3. The smallest absolute Gasteiger partial charge is 0.422 e. The average Bonchev–Trinajstić information content (AvgIpc) is 0.942. The maximum absolute atomic E-state index is 13.0. The number of aromatic amines is 2. The first kappa shape index (κ1) is 89.1. The quantitative estimate of drug-likeness (QED) is 0.0182. The number of hydrazine groups is 1. The number of ether oxygens (including phenoxy) is 2. The molecular formula is C75H76Br5F5N10O16. The molecule has 9 aromatic rings. The zero-order valence-corrected chi connectivity index (χ0v) is 67.5. The first-order chi connectivity index (χ1) is 52.7. The number of fused-ring (bicyclic) bond motifs is 2. The second-order valence-corrected chi connectivity index (χ2v) is 30.0. The van der Waals surface area contributed by atoms with Crippen molar-refractivity contribution in [1.29, 1.82) is 0 Å². The maximum atomic E-state index is 13.0. The number of nitrogens with zero attached hydrogens (tertiary/aromatic N) is 6. The lowest BCUT2D eigenvalue weighted by atomic mass is 10.0. The van der Waals surface area contributed by atoms with Gasteiger partial charge in [-0.3, -0.25) is 54.0 Å². The molecule has 0 bridgehead atoms. The van der Waals surface area contributed by atoms with Gasteiger partial charge in [-0.15, -0.1) is 0 Å². The lowest BCUT2D eigenvalue weighted by Gasteiger charge is -2.29. The molecule has 7 N–H and O–H groups in total. The SMILES string of the molecule is CC(C)(C)OC(=O)NNC(CCCO)c1ccc(F)cc1.O=C1C=C(Br)C(=O)O1.O=c1[nH]n(C(CCCO)c2ccc(F)cc2)c(=O)cc1Br.O=c1c(Br)cc(=O)n2n1CCCC2c1ccc(F)cc1.O=c1cc(Br)c(=O)n(C(CCCO)c2ccc(F)cc2)[nH]1.O=c1cc(Br)c(=O)n2n1CCCC2c1ccc(F)cc1. The number of carbonyl (C=O) groups is 3. The monoisotopic (exact) mass is 1860 g/mol. The van der Waals surface area contributed by atoms with Gasteiger partial charge in [0.05, 0.1) is 48.1 Å². The molecule has 5 unspecified atom stereocenters. The van der Waals surface area contributed by atoms with Gasteiger partial charge in [-0.2, -0.15) is 0 Å². The van der Waals surface area contributed by atoms with Crippen LogP contribution in [0.25, 0.3) is 0 Å². The van der Waals surface area contributed by atoms with Crippen molar-refractivity contribution in [1.82, 2.24) is 49.1 Å². The highest BCUT2D eigenvalue weighted by atomic mass is 79.9. The lowest BCUT2D eigenvalue weighted by molar-refractivity contribution is -0.150. The van der Waals surface area contributed by atoms with Crippen molar-refractivity contribution >= 4 is 97.7 Å². The highest BCUT2D eigenvalue weighted by Gasteiger charge is 2.28. The molecule has 0 fully saturated rings. The van der Waals surface area contributed by atoms with Crippen LogP contribution in [0, 0.1) is 29.1 Å². The summed E-state index contributed by atoms with van der Waals surface area (Å²) in [4.78, 5) is 128. The molecule has 7 heterocycles. The second-order valence-electron chi connectivity index (χ2n) is 25.7. The van der Waals surface area contributed by atoms with E-state index in [1.807, 2.05) is 0 Å². The van der Waals surface area contributed by atoms with Gasteiger partial charge in [0.1, 0.15) is 39.2 Å². The van der Waals surface area contributed by atoms with Crippen molar-refractivity contribution in [2.24, 2.45) is 0 Å². The molecule has 0 radical (unpaired) electrons. The van der Waals surface area contributed by atoms with Crippen molar-refractivity contribution in [3.05, 3.63) is 314 Å². The van der Waals surface area contributed by atoms with Crippen LogP contribution in [-0.2, 0) is 32.2 Å². The molecule has 26 nitrogen and oxygen atoms in total. The number of halogens is 10. The summed E-state index contributed by atoms with van der Waals surface area (Å²) in [5.74, 6) is -2.93. The number of aliphatic hydroxyl groups is 3. The number of H-pyrrole nitrogens is 2. The first-order valence-electron chi connectivity index (χ1n) is 34.3. The van der Waals surface area contributed by atoms with Crippen LogP contribution in [0.1, 0.15) is 143 Å². The molecule has 4 aromatic heterocycles. The average molecular weight is 1870 g/mol. The highest BCUT2D eigenvalue weighted by Crippen LogP contribution is 2.29. The van der Waals surface area contributed by atoms with E-state index in [4.69, 9.17) is 20.1 Å². The zero-order chi connectivity index (χ0) is 81.4. The van der Waals surface area contributed by atoms with Gasteiger partial charge in [-0.05, 0) is 253 Å². The standard InChI is InChI=1S/C15H23FN2O3.2C14H14BrFN2O3.2C14H12BrFN2O2.C4HBrO3/c1-15(2,3)21-14(20)18-17-13(5-4-10-19)11-6-8-12(16)9-7-11;15-11-8-13(20)18(17-14(11)21)12(2-1-7-19)9-3-5-10(16)6-4-9;15-11-8-13(20)17-18(14(11)21)12(2-1-7-19)9-3-5-10(16)6-4-9;15-11-8-13(19)18-12(2-1-7-17(18)14(11)20)9-3-5-10(16)6-4-9;15-11-8-13(19)17-7-1-2-12(18(17)14(11)20)9-3-5-10(16)6-4-9;5-2-1-3(6)8-4(2)7/h6-9,13,17,19H,4-5,10H2,1-3H3,(H,18,20);3-6,8,12,19H,1-2,7H2,(H,17,21);3-6,8,12,19H,1-2,7H2,(H,17,20);2*3-6,8,12H,1-2,7H2;1H. The Morgan fingerprint density at radius 3 is 1.40 bits per heavy atom. The molecule has 36 heteroatoms. The van der Waals surface area contributed by atoms with Crippen LogP contribution >= 0.6 is 79.6 Å². The fraction of sp³-hybridized carbons (Fsp3) is 0.320. The molecule has 5 aromatic carbocycles. The first-order valence-corrected chi connectivity index (χ1v) is 38.2.